The van der Waals surface area contributed by atoms with E-state index < -0.39 is 15.3 Å². The number of rotatable bonds is 8. The number of halogens is 2. The molecule has 2 aromatic rings. The minimum atomic E-state index is -3.58. The van der Waals surface area contributed by atoms with Crippen molar-refractivity contribution in [2.75, 3.05) is 13.1 Å². The zero-order valence-electron chi connectivity index (χ0n) is 13.9. The molecule has 1 amide bonds. The quantitative estimate of drug-likeness (QED) is 0.493. The van der Waals surface area contributed by atoms with Gasteiger partial charge in [-0.3, -0.25) is 4.79 Å². The van der Waals surface area contributed by atoms with Gasteiger partial charge in [0, 0.05) is 23.0 Å². The summed E-state index contributed by atoms with van der Waals surface area (Å²) in [7, 11) is -3.58. The normalized spacial score (nSPS) is 12.6. The molecule has 0 spiro atoms. The molecule has 0 radical (unpaired) electrons. The first-order valence-electron chi connectivity index (χ1n) is 7.74. The van der Waals surface area contributed by atoms with Crippen LogP contribution in [0, 0.1) is 0 Å². The standard InChI is InChI=1S/C17H18Cl2N2O3S2/c1-12(25-16-11-13(18)7-8-15(16)19)17(22)20-9-10-21-26(23,24)14-5-3-2-4-6-14/h2-8,11-12,21H,9-10H2,1H3,(H,20,22). The summed E-state index contributed by atoms with van der Waals surface area (Å²) >= 11 is 13.3. The van der Waals surface area contributed by atoms with Crippen LogP contribution in [0.4, 0.5) is 0 Å². The number of amides is 1. The van der Waals surface area contributed by atoms with Crippen molar-refractivity contribution in [3.8, 4) is 0 Å². The second-order valence-electron chi connectivity index (χ2n) is 5.34. The van der Waals surface area contributed by atoms with E-state index in [1.165, 1.54) is 23.9 Å². The molecule has 0 heterocycles. The van der Waals surface area contributed by atoms with Crippen molar-refractivity contribution in [2.24, 2.45) is 0 Å². The van der Waals surface area contributed by atoms with Gasteiger partial charge in [0.2, 0.25) is 15.9 Å². The Kier molecular flexibility index (Phi) is 7.79. The number of benzene rings is 2. The summed E-state index contributed by atoms with van der Waals surface area (Å²) in [6, 6.07) is 13.1. The topological polar surface area (TPSA) is 75.3 Å². The van der Waals surface area contributed by atoms with Gasteiger partial charge in [-0.2, -0.15) is 0 Å². The molecular weight excluding hydrogens is 415 g/mol. The highest BCUT2D eigenvalue weighted by Gasteiger charge is 2.17. The molecule has 2 rings (SSSR count). The lowest BCUT2D eigenvalue weighted by atomic mass is 10.4. The van der Waals surface area contributed by atoms with Crippen LogP contribution in [-0.4, -0.2) is 32.7 Å². The van der Waals surface area contributed by atoms with Crippen LogP contribution in [0.5, 0.6) is 0 Å². The monoisotopic (exact) mass is 432 g/mol. The van der Waals surface area contributed by atoms with Crippen LogP contribution in [0.15, 0.2) is 58.3 Å². The number of sulfonamides is 1. The lowest BCUT2D eigenvalue weighted by Gasteiger charge is -2.13. The minimum absolute atomic E-state index is 0.0955. The van der Waals surface area contributed by atoms with E-state index in [2.05, 4.69) is 10.0 Å². The fourth-order valence-electron chi connectivity index (χ4n) is 2.01. The summed E-state index contributed by atoms with van der Waals surface area (Å²) in [5, 5.41) is 3.36. The van der Waals surface area contributed by atoms with Crippen LogP contribution < -0.4 is 10.0 Å². The first kappa shape index (κ1) is 21.1. The van der Waals surface area contributed by atoms with Gasteiger partial charge < -0.3 is 5.32 Å². The molecule has 0 fully saturated rings. The minimum Gasteiger partial charge on any atom is -0.354 e. The van der Waals surface area contributed by atoms with E-state index in [9.17, 15) is 13.2 Å². The van der Waals surface area contributed by atoms with Crippen molar-refractivity contribution in [3.63, 3.8) is 0 Å². The molecule has 5 nitrogen and oxygen atoms in total. The van der Waals surface area contributed by atoms with Crippen LogP contribution in [-0.2, 0) is 14.8 Å². The Morgan fingerprint density at radius 2 is 1.81 bits per heavy atom. The lowest BCUT2D eigenvalue weighted by Crippen LogP contribution is -2.37. The average Bonchev–Trinajstić information content (AvgIpc) is 2.62. The van der Waals surface area contributed by atoms with E-state index >= 15 is 0 Å². The maximum absolute atomic E-state index is 12.2. The largest absolute Gasteiger partial charge is 0.354 e. The van der Waals surface area contributed by atoms with Gasteiger partial charge in [0.05, 0.1) is 15.2 Å². The Morgan fingerprint density at radius 3 is 2.50 bits per heavy atom. The third-order valence-electron chi connectivity index (χ3n) is 3.34. The molecule has 9 heteroatoms. The zero-order valence-corrected chi connectivity index (χ0v) is 17.1. The highest BCUT2D eigenvalue weighted by molar-refractivity contribution is 8.00. The predicted octanol–water partition coefficient (Wildman–Crippen LogP) is 3.57. The molecule has 0 aliphatic carbocycles. The zero-order chi connectivity index (χ0) is 19.2. The first-order valence-corrected chi connectivity index (χ1v) is 10.9. The number of hydrogen-bond acceptors (Lipinski definition) is 4. The van der Waals surface area contributed by atoms with Gasteiger partial charge in [-0.1, -0.05) is 41.4 Å². The van der Waals surface area contributed by atoms with Crippen molar-refractivity contribution in [1.29, 1.82) is 0 Å². The van der Waals surface area contributed by atoms with Crippen LogP contribution in [0.2, 0.25) is 10.0 Å². The molecule has 0 saturated carbocycles. The van der Waals surface area contributed by atoms with Crippen molar-refractivity contribution in [1.82, 2.24) is 10.0 Å². The third-order valence-corrected chi connectivity index (χ3v) is 6.65. The van der Waals surface area contributed by atoms with Crippen molar-refractivity contribution in [2.45, 2.75) is 22.0 Å². The average molecular weight is 433 g/mol. The summed E-state index contributed by atoms with van der Waals surface area (Å²) < 4.78 is 26.6. The van der Waals surface area contributed by atoms with E-state index in [0.717, 1.165) is 0 Å². The Labute approximate surface area is 167 Å². The van der Waals surface area contributed by atoms with E-state index in [1.54, 1.807) is 43.3 Å². The second kappa shape index (κ2) is 9.62. The summed E-state index contributed by atoms with van der Waals surface area (Å²) in [5.41, 5.74) is 0. The molecule has 2 N–H and O–H groups in total. The van der Waals surface area contributed by atoms with Crippen molar-refractivity contribution < 1.29 is 13.2 Å². The molecule has 2 aromatic carbocycles. The van der Waals surface area contributed by atoms with Gasteiger partial charge in [-0.05, 0) is 37.3 Å². The van der Waals surface area contributed by atoms with Gasteiger partial charge in [0.1, 0.15) is 0 Å². The van der Waals surface area contributed by atoms with E-state index in [4.69, 9.17) is 23.2 Å². The van der Waals surface area contributed by atoms with Crippen LogP contribution in [0.1, 0.15) is 6.92 Å². The number of carbonyl (C=O) groups excluding carboxylic acids is 1. The van der Waals surface area contributed by atoms with Crippen LogP contribution in [0.25, 0.3) is 0 Å². The maximum Gasteiger partial charge on any atom is 0.240 e. The van der Waals surface area contributed by atoms with E-state index in [-0.39, 0.29) is 23.9 Å². The number of hydrogen-bond donors (Lipinski definition) is 2. The molecule has 0 aliphatic heterocycles. The fourth-order valence-corrected chi connectivity index (χ4v) is 4.50. The number of nitrogens with one attached hydrogen (secondary N) is 2. The molecule has 0 saturated heterocycles. The van der Waals surface area contributed by atoms with Crippen molar-refractivity contribution >= 4 is 50.9 Å². The third kappa shape index (κ3) is 6.17. The summed E-state index contributed by atoms with van der Waals surface area (Å²) in [4.78, 5) is 13.1. The predicted molar refractivity (Wildman–Crippen MR) is 106 cm³/mol. The van der Waals surface area contributed by atoms with Crippen LogP contribution >= 0.6 is 35.0 Å². The SMILES string of the molecule is CC(Sc1cc(Cl)ccc1Cl)C(=O)NCCNS(=O)(=O)c1ccccc1. The first-order chi connectivity index (χ1) is 12.3. The van der Waals surface area contributed by atoms with Crippen LogP contribution in [0.3, 0.4) is 0 Å². The Hall–Kier alpha value is -1.25. The Balaban J connectivity index is 1.80. The molecular formula is C17H18Cl2N2O3S2. The van der Waals surface area contributed by atoms with Crippen molar-refractivity contribution in [3.05, 3.63) is 58.6 Å². The fraction of sp³-hybridized carbons (Fsp3) is 0.235. The molecule has 1 unspecified atom stereocenters. The highest BCUT2D eigenvalue weighted by atomic mass is 35.5. The summed E-state index contributed by atoms with van der Waals surface area (Å²) in [6.07, 6.45) is 0. The Morgan fingerprint density at radius 1 is 1.12 bits per heavy atom. The van der Waals surface area contributed by atoms with E-state index in [1.807, 2.05) is 0 Å². The van der Waals surface area contributed by atoms with Gasteiger partial charge in [-0.15, -0.1) is 11.8 Å². The highest BCUT2D eigenvalue weighted by Crippen LogP contribution is 2.32. The number of thioether (sulfide) groups is 1. The van der Waals surface area contributed by atoms with Gasteiger partial charge in [0.25, 0.3) is 0 Å². The molecule has 0 aliphatic rings. The molecule has 140 valence electrons. The second-order valence-corrected chi connectivity index (χ2v) is 9.33. The number of carbonyl (C=O) groups is 1. The Bertz CT molecular complexity index is 862. The van der Waals surface area contributed by atoms with Gasteiger partial charge in [0.15, 0.2) is 0 Å². The van der Waals surface area contributed by atoms with Gasteiger partial charge in [-0.25, -0.2) is 13.1 Å². The summed E-state index contributed by atoms with van der Waals surface area (Å²) in [6.45, 7) is 2.02. The van der Waals surface area contributed by atoms with Gasteiger partial charge >= 0.3 is 0 Å². The maximum atomic E-state index is 12.2. The molecule has 0 aromatic heterocycles. The lowest BCUT2D eigenvalue weighted by molar-refractivity contribution is -0.120. The summed E-state index contributed by atoms with van der Waals surface area (Å²) in [5.74, 6) is -0.218. The molecule has 0 bridgehead atoms. The smallest absolute Gasteiger partial charge is 0.240 e. The molecule has 1 atom stereocenters. The molecule has 26 heavy (non-hydrogen) atoms. The van der Waals surface area contributed by atoms with E-state index in [0.29, 0.717) is 14.9 Å².